The van der Waals surface area contributed by atoms with Crippen molar-refractivity contribution in [2.75, 3.05) is 21.3 Å². The molecule has 2 rings (SSSR count). The monoisotopic (exact) mass is 373 g/mol. The Morgan fingerprint density at radius 1 is 1.11 bits per heavy atom. The lowest BCUT2D eigenvalue weighted by atomic mass is 10.1. The van der Waals surface area contributed by atoms with Crippen molar-refractivity contribution in [3.63, 3.8) is 0 Å². The fraction of sp³-hybridized carbons (Fsp3) is 0.333. The molecule has 0 aliphatic rings. The predicted octanol–water partition coefficient (Wildman–Crippen LogP) is 0.810. The van der Waals surface area contributed by atoms with Crippen LogP contribution in [0.1, 0.15) is 22.8 Å². The fourth-order valence-electron chi connectivity index (χ4n) is 2.57. The molecule has 0 atom stereocenters. The smallest absolute Gasteiger partial charge is 0.331 e. The van der Waals surface area contributed by atoms with Crippen LogP contribution < -0.4 is 25.5 Å². The molecule has 9 nitrogen and oxygen atoms in total. The Bertz CT molecular complexity index is 1000. The Balaban J connectivity index is 2.55. The summed E-state index contributed by atoms with van der Waals surface area (Å²) in [5.74, 6) is 0.327. The van der Waals surface area contributed by atoms with Gasteiger partial charge >= 0.3 is 5.69 Å². The highest BCUT2D eigenvalue weighted by atomic mass is 16.5. The summed E-state index contributed by atoms with van der Waals surface area (Å²) in [4.78, 5) is 37.4. The minimum atomic E-state index is -0.812. The summed E-state index contributed by atoms with van der Waals surface area (Å²) in [5.41, 5.74) is -1.52. The molecule has 0 bridgehead atoms. The number of ketones is 1. The van der Waals surface area contributed by atoms with E-state index in [0.717, 1.165) is 4.57 Å². The van der Waals surface area contributed by atoms with E-state index in [1.807, 2.05) is 0 Å². The van der Waals surface area contributed by atoms with Gasteiger partial charge in [0.05, 0.1) is 27.9 Å². The van der Waals surface area contributed by atoms with Crippen molar-refractivity contribution in [1.82, 2.24) is 9.13 Å². The summed E-state index contributed by atoms with van der Waals surface area (Å²) in [5, 5.41) is 9.09. The van der Waals surface area contributed by atoms with Gasteiger partial charge in [0.1, 0.15) is 11.6 Å². The molecule has 1 aromatic carbocycles. The molecular formula is C18H19N3O6. The molecule has 1 aromatic heterocycles. The first kappa shape index (κ1) is 19.8. The van der Waals surface area contributed by atoms with E-state index in [1.54, 1.807) is 13.0 Å². The van der Waals surface area contributed by atoms with Gasteiger partial charge in [0, 0.05) is 18.3 Å². The summed E-state index contributed by atoms with van der Waals surface area (Å²) < 4.78 is 17.6. The van der Waals surface area contributed by atoms with E-state index in [9.17, 15) is 14.4 Å². The van der Waals surface area contributed by atoms with E-state index in [2.05, 4.69) is 0 Å². The Hall–Kier alpha value is -3.54. The van der Waals surface area contributed by atoms with Gasteiger partial charge in [-0.05, 0) is 19.1 Å². The summed E-state index contributed by atoms with van der Waals surface area (Å²) in [6.45, 7) is 1.43. The first-order valence-electron chi connectivity index (χ1n) is 7.99. The first-order chi connectivity index (χ1) is 12.9. The van der Waals surface area contributed by atoms with E-state index >= 15 is 0 Å². The predicted molar refractivity (Wildman–Crippen MR) is 95.8 cm³/mol. The zero-order chi connectivity index (χ0) is 20.1. The molecule has 2 aromatic rings. The molecule has 0 fully saturated rings. The van der Waals surface area contributed by atoms with Crippen LogP contribution >= 0.6 is 0 Å². The van der Waals surface area contributed by atoms with Crippen LogP contribution in [0.25, 0.3) is 0 Å². The molecule has 0 aliphatic carbocycles. The van der Waals surface area contributed by atoms with Gasteiger partial charge in [0.25, 0.3) is 5.56 Å². The van der Waals surface area contributed by atoms with Crippen molar-refractivity contribution in [3.05, 3.63) is 50.3 Å². The lowest BCUT2D eigenvalue weighted by molar-refractivity contribution is 0.0967. The second-order valence-electron chi connectivity index (χ2n) is 5.45. The number of hydrogen-bond donors (Lipinski definition) is 0. The molecule has 0 aliphatic heterocycles. The van der Waals surface area contributed by atoms with Crippen molar-refractivity contribution in [2.45, 2.75) is 20.0 Å². The number of ether oxygens (including phenoxy) is 3. The standard InChI is InChI=1S/C18H19N3O6/c1-5-20-9-12(8-19)17(23)21(18(20)24)10-13(22)11-6-14(25-2)16(27-4)15(7-11)26-3/h6-7,9H,5,10H2,1-4H3. The van der Waals surface area contributed by atoms with Gasteiger partial charge in [-0.15, -0.1) is 0 Å². The Labute approximate surface area is 154 Å². The highest BCUT2D eigenvalue weighted by Crippen LogP contribution is 2.38. The molecule has 0 unspecified atom stereocenters. The topological polar surface area (TPSA) is 113 Å². The Morgan fingerprint density at radius 2 is 1.70 bits per heavy atom. The van der Waals surface area contributed by atoms with Crippen molar-refractivity contribution >= 4 is 5.78 Å². The highest BCUT2D eigenvalue weighted by molar-refractivity contribution is 5.97. The number of benzene rings is 1. The SMILES string of the molecule is CCn1cc(C#N)c(=O)n(CC(=O)c2cc(OC)c(OC)c(OC)c2)c1=O. The van der Waals surface area contributed by atoms with Crippen molar-refractivity contribution in [3.8, 4) is 23.3 Å². The van der Waals surface area contributed by atoms with Crippen molar-refractivity contribution in [1.29, 1.82) is 5.26 Å². The largest absolute Gasteiger partial charge is 0.493 e. The number of nitriles is 1. The van der Waals surface area contributed by atoms with E-state index in [-0.39, 0.29) is 29.2 Å². The summed E-state index contributed by atoms with van der Waals surface area (Å²) >= 11 is 0. The van der Waals surface area contributed by atoms with E-state index in [0.29, 0.717) is 5.75 Å². The maximum Gasteiger partial charge on any atom is 0.331 e. The average Bonchev–Trinajstić information content (AvgIpc) is 2.69. The number of methoxy groups -OCH3 is 3. The number of Topliss-reactive ketones (excluding diaryl/α,β-unsaturated/α-hetero) is 1. The van der Waals surface area contributed by atoms with Crippen molar-refractivity contribution in [2.24, 2.45) is 0 Å². The molecule has 0 saturated carbocycles. The number of hydrogen-bond acceptors (Lipinski definition) is 7. The van der Waals surface area contributed by atoms with Crippen LogP contribution in [0.3, 0.4) is 0 Å². The average molecular weight is 373 g/mol. The lowest BCUT2D eigenvalue weighted by Gasteiger charge is -2.14. The van der Waals surface area contributed by atoms with Gasteiger partial charge in [-0.25, -0.2) is 4.79 Å². The lowest BCUT2D eigenvalue weighted by Crippen LogP contribution is -2.42. The number of carbonyl (C=O) groups excluding carboxylic acids is 1. The number of aryl methyl sites for hydroxylation is 1. The van der Waals surface area contributed by atoms with Gasteiger partial charge in [-0.1, -0.05) is 0 Å². The third-order valence-electron chi connectivity index (χ3n) is 3.99. The van der Waals surface area contributed by atoms with Gasteiger partial charge in [0.15, 0.2) is 17.3 Å². The van der Waals surface area contributed by atoms with E-state index < -0.39 is 23.6 Å². The number of rotatable bonds is 7. The van der Waals surface area contributed by atoms with Crippen LogP contribution in [0.15, 0.2) is 27.9 Å². The van der Waals surface area contributed by atoms with Crippen molar-refractivity contribution < 1.29 is 19.0 Å². The number of carbonyl (C=O) groups is 1. The Kier molecular flexibility index (Phi) is 6.03. The molecular weight excluding hydrogens is 354 g/mol. The second kappa shape index (κ2) is 8.23. The molecule has 0 saturated heterocycles. The minimum Gasteiger partial charge on any atom is -0.493 e. The maximum absolute atomic E-state index is 12.7. The third-order valence-corrected chi connectivity index (χ3v) is 3.99. The number of aromatic nitrogens is 2. The Morgan fingerprint density at radius 3 is 2.15 bits per heavy atom. The van der Waals surface area contributed by atoms with E-state index in [1.165, 1.54) is 44.2 Å². The molecule has 1 heterocycles. The minimum absolute atomic E-state index is 0.168. The summed E-state index contributed by atoms with van der Waals surface area (Å²) in [6, 6.07) is 4.60. The zero-order valence-electron chi connectivity index (χ0n) is 15.4. The third kappa shape index (κ3) is 3.69. The molecule has 0 N–H and O–H groups in total. The van der Waals surface area contributed by atoms with Crippen LogP contribution in [0.5, 0.6) is 17.2 Å². The van der Waals surface area contributed by atoms with Gasteiger partial charge in [-0.2, -0.15) is 5.26 Å². The highest BCUT2D eigenvalue weighted by Gasteiger charge is 2.19. The normalized spacial score (nSPS) is 10.2. The number of nitrogens with zero attached hydrogens (tertiary/aromatic N) is 3. The molecule has 142 valence electrons. The first-order valence-corrected chi connectivity index (χ1v) is 7.99. The summed E-state index contributed by atoms with van der Waals surface area (Å²) in [7, 11) is 4.25. The van der Waals surface area contributed by atoms with Gasteiger partial charge in [-0.3, -0.25) is 18.7 Å². The van der Waals surface area contributed by atoms with Crippen LogP contribution in [-0.2, 0) is 13.1 Å². The van der Waals surface area contributed by atoms with Crippen LogP contribution in [0, 0.1) is 11.3 Å². The van der Waals surface area contributed by atoms with Crippen LogP contribution in [0.4, 0.5) is 0 Å². The maximum atomic E-state index is 12.7. The second-order valence-corrected chi connectivity index (χ2v) is 5.45. The fourth-order valence-corrected chi connectivity index (χ4v) is 2.57. The molecule has 9 heteroatoms. The van der Waals surface area contributed by atoms with Gasteiger partial charge < -0.3 is 14.2 Å². The molecule has 0 radical (unpaired) electrons. The molecule has 27 heavy (non-hydrogen) atoms. The van der Waals surface area contributed by atoms with E-state index in [4.69, 9.17) is 19.5 Å². The quantitative estimate of drug-likeness (QED) is 0.660. The van der Waals surface area contributed by atoms with Gasteiger partial charge in [0.2, 0.25) is 5.75 Å². The van der Waals surface area contributed by atoms with Crippen LogP contribution in [0.2, 0.25) is 0 Å². The molecule has 0 amide bonds. The summed E-state index contributed by atoms with van der Waals surface area (Å²) in [6.07, 6.45) is 1.19. The zero-order valence-corrected chi connectivity index (χ0v) is 15.4. The molecule has 0 spiro atoms. The van der Waals surface area contributed by atoms with Crippen LogP contribution in [-0.4, -0.2) is 36.2 Å².